The SMILES string of the molecule is Cc1ccc(S(=O)(=O)c2ccc(Oc3ccc(C(=O)c4ccc(Oc5ccc6c(c5)C5(CC(C)(C)c7ccc(Oc8ccc(C(=O)c9ccc(O)cc9)cc8)cc75)CC6(C)C)cc4)cc3)c(SOOO)c2)cc1S(=O)(=O)O. The molecule has 392 valence electrons. The van der Waals surface area contributed by atoms with E-state index in [-0.39, 0.29) is 60.4 Å². The van der Waals surface area contributed by atoms with E-state index in [1.807, 2.05) is 12.1 Å². The molecule has 3 N–H and O–H groups in total. The number of phenolic OH excluding ortho intramolecular Hbond substituents is 1. The van der Waals surface area contributed by atoms with Crippen LogP contribution in [-0.2, 0) is 45.6 Å². The first-order valence-electron chi connectivity index (χ1n) is 24.2. The highest BCUT2D eigenvalue weighted by molar-refractivity contribution is 7.94. The van der Waals surface area contributed by atoms with E-state index in [9.17, 15) is 36.1 Å². The van der Waals surface area contributed by atoms with Gasteiger partial charge in [0.2, 0.25) is 9.84 Å². The van der Waals surface area contributed by atoms with Gasteiger partial charge in [0.05, 0.1) is 31.6 Å². The van der Waals surface area contributed by atoms with Crippen LogP contribution in [0.25, 0.3) is 0 Å². The van der Waals surface area contributed by atoms with Crippen molar-refractivity contribution in [3.05, 3.63) is 220 Å². The summed E-state index contributed by atoms with van der Waals surface area (Å²) in [5.74, 6) is 2.52. The molecule has 1 atom stereocenters. The Hall–Kier alpha value is -7.61. The van der Waals surface area contributed by atoms with E-state index in [1.165, 1.54) is 71.6 Å². The molecule has 0 heterocycles. The molecular formula is C60H50O14S3. The molecule has 0 bridgehead atoms. The summed E-state index contributed by atoms with van der Waals surface area (Å²) in [6.07, 6.45) is 1.76. The molecule has 10 rings (SSSR count). The molecule has 2 aliphatic rings. The lowest BCUT2D eigenvalue weighted by atomic mass is 9.72. The first-order valence-corrected chi connectivity index (χ1v) is 27.9. The van der Waals surface area contributed by atoms with E-state index < -0.39 is 29.7 Å². The van der Waals surface area contributed by atoms with Crippen LogP contribution in [0.5, 0.6) is 40.2 Å². The Morgan fingerprint density at radius 1 is 0.506 bits per heavy atom. The third kappa shape index (κ3) is 10.4. The van der Waals surface area contributed by atoms with Crippen LogP contribution in [-0.4, -0.2) is 43.3 Å². The molecule has 0 aliphatic heterocycles. The van der Waals surface area contributed by atoms with Gasteiger partial charge in [-0.25, -0.2) is 13.7 Å². The van der Waals surface area contributed by atoms with Gasteiger partial charge < -0.3 is 19.3 Å². The van der Waals surface area contributed by atoms with Gasteiger partial charge in [-0.1, -0.05) is 50.9 Å². The third-order valence-corrected chi connectivity index (χ3v) is 17.6. The number of carbonyl (C=O) groups excluding carboxylic acids is 2. The summed E-state index contributed by atoms with van der Waals surface area (Å²) in [5, 5.41) is 22.3. The summed E-state index contributed by atoms with van der Waals surface area (Å²) in [7, 11) is -9.05. The van der Waals surface area contributed by atoms with Gasteiger partial charge in [-0.3, -0.25) is 14.1 Å². The summed E-state index contributed by atoms with van der Waals surface area (Å²) in [4.78, 5) is 25.6. The number of sulfone groups is 1. The Kier molecular flexibility index (Phi) is 13.8. The number of aryl methyl sites for hydroxylation is 1. The zero-order chi connectivity index (χ0) is 54.7. The van der Waals surface area contributed by atoms with Gasteiger partial charge in [0.1, 0.15) is 40.2 Å². The molecule has 17 heteroatoms. The number of fused-ring (bicyclic) bond motifs is 4. The Morgan fingerprint density at radius 2 is 0.922 bits per heavy atom. The van der Waals surface area contributed by atoms with Gasteiger partial charge >= 0.3 is 0 Å². The Balaban J connectivity index is 0.836. The molecule has 0 fully saturated rings. The maximum Gasteiger partial charge on any atom is 0.294 e. The van der Waals surface area contributed by atoms with E-state index in [1.54, 1.807) is 84.9 Å². The number of aromatic hydroxyl groups is 1. The lowest BCUT2D eigenvalue weighted by Crippen LogP contribution is -2.27. The summed E-state index contributed by atoms with van der Waals surface area (Å²) < 4.78 is 84.2. The second-order valence-corrected chi connectivity index (χ2v) is 24.5. The number of benzene rings is 8. The van der Waals surface area contributed by atoms with E-state index in [0.717, 1.165) is 18.9 Å². The molecule has 0 saturated carbocycles. The predicted molar refractivity (Wildman–Crippen MR) is 287 cm³/mol. The monoisotopic (exact) mass is 1090 g/mol. The van der Waals surface area contributed by atoms with Gasteiger partial charge in [0.15, 0.2) is 11.6 Å². The van der Waals surface area contributed by atoms with Gasteiger partial charge in [-0.2, -0.15) is 8.42 Å². The van der Waals surface area contributed by atoms with Crippen LogP contribution in [0.3, 0.4) is 0 Å². The van der Waals surface area contributed by atoms with Crippen molar-refractivity contribution in [1.29, 1.82) is 0 Å². The minimum atomic E-state index is -4.72. The summed E-state index contributed by atoms with van der Waals surface area (Å²) in [6, 6.07) is 46.1. The molecule has 0 radical (unpaired) electrons. The van der Waals surface area contributed by atoms with Crippen molar-refractivity contribution in [2.75, 3.05) is 0 Å². The van der Waals surface area contributed by atoms with Crippen LogP contribution in [0.4, 0.5) is 0 Å². The largest absolute Gasteiger partial charge is 0.508 e. The molecule has 0 amide bonds. The van der Waals surface area contributed by atoms with Crippen molar-refractivity contribution in [3.63, 3.8) is 0 Å². The molecule has 77 heavy (non-hydrogen) atoms. The van der Waals surface area contributed by atoms with Crippen molar-refractivity contribution in [2.45, 2.75) is 83.3 Å². The fourth-order valence-corrected chi connectivity index (χ4v) is 13.5. The second kappa shape index (κ2) is 20.1. The van der Waals surface area contributed by atoms with Crippen LogP contribution in [0.15, 0.2) is 189 Å². The van der Waals surface area contributed by atoms with Crippen LogP contribution < -0.4 is 14.2 Å². The highest BCUT2D eigenvalue weighted by Crippen LogP contribution is 2.63. The minimum absolute atomic E-state index is 0.0463. The van der Waals surface area contributed by atoms with Crippen molar-refractivity contribution in [3.8, 4) is 40.2 Å². The number of carbonyl (C=O) groups is 2. The standard InChI is InChI=1S/C60H50O14S3/c1-36-6-25-48(33-55(36)77(67,68)69)76(65,66)47-26-29-53(54(32-47)75-74-73-64)72-44-21-13-40(14-22-44)57(63)39-11-19-43(20-12-39)71-46-24-28-50-52(31-46)60(35-59(50,4)5)34-58(2,3)49-27-23-45(30-51(49)60)70-42-17-9-38(10-18-42)56(62)37-7-15-41(61)16-8-37/h6-33,61,64H,34-35H2,1-5H3,(H,67,68,69). The molecule has 2 aliphatic carbocycles. The summed E-state index contributed by atoms with van der Waals surface area (Å²) in [5.41, 5.74) is 6.20. The van der Waals surface area contributed by atoms with Crippen molar-refractivity contribution >= 4 is 43.6 Å². The lowest BCUT2D eigenvalue weighted by Gasteiger charge is -2.30. The molecule has 1 unspecified atom stereocenters. The topological polar surface area (TPSA) is 209 Å². The van der Waals surface area contributed by atoms with Crippen molar-refractivity contribution < 1.29 is 64.9 Å². The number of phenols is 1. The molecular weight excluding hydrogens is 1040 g/mol. The quantitative estimate of drug-likeness (QED) is 0.0270. The summed E-state index contributed by atoms with van der Waals surface area (Å²) in [6.45, 7) is 10.5. The highest BCUT2D eigenvalue weighted by Gasteiger charge is 2.56. The molecule has 1 spiro atoms. The lowest BCUT2D eigenvalue weighted by molar-refractivity contribution is -0.432. The number of ketones is 2. The van der Waals surface area contributed by atoms with Gasteiger partial charge in [0.25, 0.3) is 10.1 Å². The van der Waals surface area contributed by atoms with E-state index >= 15 is 0 Å². The molecule has 14 nitrogen and oxygen atoms in total. The molecule has 0 saturated heterocycles. The Bertz CT molecular complexity index is 3850. The van der Waals surface area contributed by atoms with E-state index in [4.69, 9.17) is 19.5 Å². The number of rotatable bonds is 16. The third-order valence-electron chi connectivity index (χ3n) is 14.3. The molecule has 8 aromatic carbocycles. The van der Waals surface area contributed by atoms with Crippen molar-refractivity contribution in [2.24, 2.45) is 0 Å². The first kappa shape index (κ1) is 52.8. The first-order chi connectivity index (χ1) is 36.5. The van der Waals surface area contributed by atoms with Gasteiger partial charge in [-0.05, 0) is 210 Å². The maximum absolute atomic E-state index is 13.7. The smallest absolute Gasteiger partial charge is 0.294 e. The zero-order valence-corrected chi connectivity index (χ0v) is 44.6. The molecule has 0 aromatic heterocycles. The number of hydrogen-bond donors (Lipinski definition) is 3. The van der Waals surface area contributed by atoms with Gasteiger partial charge in [0, 0.05) is 27.7 Å². The maximum atomic E-state index is 13.7. The fraction of sp³-hybridized carbons (Fsp3) is 0.167. The predicted octanol–water partition coefficient (Wildman–Crippen LogP) is 13.7. The average molecular weight is 1090 g/mol. The highest BCUT2D eigenvalue weighted by atomic mass is 32.2. The second-order valence-electron chi connectivity index (χ2n) is 20.4. The van der Waals surface area contributed by atoms with Crippen LogP contribution in [0.1, 0.15) is 100 Å². The summed E-state index contributed by atoms with van der Waals surface area (Å²) >= 11 is 0.439. The average Bonchev–Trinajstić information content (AvgIpc) is 3.96. The Labute approximate surface area is 449 Å². The van der Waals surface area contributed by atoms with Crippen LogP contribution in [0, 0.1) is 6.92 Å². The van der Waals surface area contributed by atoms with Crippen LogP contribution >= 0.6 is 12.0 Å². The normalized spacial score (nSPS) is 16.1. The van der Waals surface area contributed by atoms with E-state index in [0.29, 0.717) is 57.3 Å². The molecule has 8 aromatic rings. The Morgan fingerprint density at radius 3 is 1.38 bits per heavy atom. The van der Waals surface area contributed by atoms with Crippen LogP contribution in [0.2, 0.25) is 0 Å². The van der Waals surface area contributed by atoms with E-state index in [2.05, 4.69) is 61.3 Å². The number of ether oxygens (including phenoxy) is 3. The van der Waals surface area contributed by atoms with Gasteiger partial charge in [-0.15, -0.1) is 4.33 Å². The number of hydrogen-bond acceptors (Lipinski definition) is 14. The van der Waals surface area contributed by atoms with Crippen molar-refractivity contribution in [1.82, 2.24) is 0 Å². The fourth-order valence-electron chi connectivity index (χ4n) is 10.8. The zero-order valence-electron chi connectivity index (χ0n) is 42.1. The minimum Gasteiger partial charge on any atom is -0.508 e.